The molecular formula is C18H25N5O2. The van der Waals surface area contributed by atoms with Crippen LogP contribution in [-0.2, 0) is 13.0 Å². The van der Waals surface area contributed by atoms with Gasteiger partial charge in [0.05, 0.1) is 20.4 Å². The highest BCUT2D eigenvalue weighted by molar-refractivity contribution is 5.51. The minimum Gasteiger partial charge on any atom is -0.493 e. The summed E-state index contributed by atoms with van der Waals surface area (Å²) in [5, 5.41) is 8.40. The number of benzene rings is 1. The molecule has 1 aliphatic rings. The lowest BCUT2D eigenvalue weighted by molar-refractivity contribution is 0.353. The second-order valence-corrected chi connectivity index (χ2v) is 5.93. The number of hydrogen-bond acceptors (Lipinski definition) is 7. The molecule has 2 heterocycles. The zero-order chi connectivity index (χ0) is 17.8. The van der Waals surface area contributed by atoms with E-state index in [9.17, 15) is 0 Å². The van der Waals surface area contributed by atoms with Crippen LogP contribution in [0, 0.1) is 0 Å². The maximum atomic E-state index is 5.43. The summed E-state index contributed by atoms with van der Waals surface area (Å²) in [4.78, 5) is 9.04. The molecule has 0 saturated heterocycles. The zero-order valence-corrected chi connectivity index (χ0v) is 15.3. The number of ether oxygens (including phenoxy) is 2. The van der Waals surface area contributed by atoms with Crippen molar-refractivity contribution >= 4 is 11.8 Å². The Morgan fingerprint density at radius 3 is 2.40 bits per heavy atom. The minimum absolute atomic E-state index is 0.671. The van der Waals surface area contributed by atoms with E-state index in [4.69, 9.17) is 14.5 Å². The van der Waals surface area contributed by atoms with E-state index in [-0.39, 0.29) is 0 Å². The highest BCUT2D eigenvalue weighted by Crippen LogP contribution is 2.33. The molecule has 0 spiro atoms. The van der Waals surface area contributed by atoms with E-state index in [1.807, 2.05) is 6.07 Å². The van der Waals surface area contributed by atoms with Crippen molar-refractivity contribution in [1.82, 2.24) is 15.2 Å². The maximum absolute atomic E-state index is 5.43. The van der Waals surface area contributed by atoms with Crippen LogP contribution in [0.2, 0.25) is 0 Å². The van der Waals surface area contributed by atoms with Crippen LogP contribution in [0.5, 0.6) is 11.5 Å². The van der Waals surface area contributed by atoms with E-state index in [0.717, 1.165) is 49.9 Å². The molecule has 0 N–H and O–H groups in total. The quantitative estimate of drug-likeness (QED) is 0.797. The van der Waals surface area contributed by atoms with Gasteiger partial charge in [-0.25, -0.2) is 0 Å². The van der Waals surface area contributed by atoms with Gasteiger partial charge in [0.2, 0.25) is 5.95 Å². The van der Waals surface area contributed by atoms with Gasteiger partial charge < -0.3 is 19.3 Å². The molecule has 25 heavy (non-hydrogen) atoms. The van der Waals surface area contributed by atoms with Gasteiger partial charge in [-0.2, -0.15) is 10.1 Å². The molecule has 3 rings (SSSR count). The summed E-state index contributed by atoms with van der Waals surface area (Å²) in [5.41, 5.74) is 2.49. The van der Waals surface area contributed by atoms with Crippen molar-refractivity contribution in [3.63, 3.8) is 0 Å². The van der Waals surface area contributed by atoms with Gasteiger partial charge in [-0.05, 0) is 43.5 Å². The molecule has 0 radical (unpaired) electrons. The summed E-state index contributed by atoms with van der Waals surface area (Å²) in [6.45, 7) is 7.61. The summed E-state index contributed by atoms with van der Waals surface area (Å²) in [7, 11) is 3.32. The second kappa shape index (κ2) is 7.55. The zero-order valence-electron chi connectivity index (χ0n) is 15.3. The lowest BCUT2D eigenvalue weighted by atomic mass is 9.99. The first-order valence-electron chi connectivity index (χ1n) is 8.63. The predicted octanol–water partition coefficient (Wildman–Crippen LogP) is 2.30. The molecule has 7 heteroatoms. The Hall–Kier alpha value is -2.57. The third-order valence-corrected chi connectivity index (χ3v) is 4.62. The maximum Gasteiger partial charge on any atom is 0.247 e. The Balaban J connectivity index is 1.86. The summed E-state index contributed by atoms with van der Waals surface area (Å²) < 4.78 is 10.8. The van der Waals surface area contributed by atoms with Crippen LogP contribution in [0.1, 0.15) is 25.0 Å². The van der Waals surface area contributed by atoms with E-state index in [1.165, 1.54) is 11.1 Å². The molecule has 7 nitrogen and oxygen atoms in total. The average Bonchev–Trinajstić information content (AvgIpc) is 2.67. The first kappa shape index (κ1) is 17.3. The van der Waals surface area contributed by atoms with Gasteiger partial charge in [0.1, 0.15) is 0 Å². The van der Waals surface area contributed by atoms with Gasteiger partial charge in [0.15, 0.2) is 17.3 Å². The van der Waals surface area contributed by atoms with Crippen molar-refractivity contribution in [3.8, 4) is 11.5 Å². The number of methoxy groups -OCH3 is 2. The first-order chi connectivity index (χ1) is 12.2. The number of anilines is 2. The predicted molar refractivity (Wildman–Crippen MR) is 97.7 cm³/mol. The Labute approximate surface area is 148 Å². The van der Waals surface area contributed by atoms with Gasteiger partial charge in [0.25, 0.3) is 0 Å². The fraction of sp³-hybridized carbons (Fsp3) is 0.500. The summed E-state index contributed by atoms with van der Waals surface area (Å²) in [5.74, 6) is 3.06. The van der Waals surface area contributed by atoms with Crippen LogP contribution >= 0.6 is 0 Å². The molecular weight excluding hydrogens is 318 g/mol. The second-order valence-electron chi connectivity index (χ2n) is 5.93. The van der Waals surface area contributed by atoms with E-state index >= 15 is 0 Å². The van der Waals surface area contributed by atoms with Gasteiger partial charge in [0, 0.05) is 26.2 Å². The standard InChI is InChI=1S/C18H25N5O2/c1-5-22(6-2)17-11-19-21-18(20-17)23-8-7-13-9-15(24-3)16(25-4)10-14(13)12-23/h9-11H,5-8,12H2,1-4H3. The van der Waals surface area contributed by atoms with Crippen LogP contribution in [0.4, 0.5) is 11.8 Å². The molecule has 0 unspecified atom stereocenters. The van der Waals surface area contributed by atoms with E-state index in [0.29, 0.717) is 5.95 Å². The van der Waals surface area contributed by atoms with Crippen LogP contribution in [0.3, 0.4) is 0 Å². The number of hydrogen-bond donors (Lipinski definition) is 0. The molecule has 134 valence electrons. The Kier molecular flexibility index (Phi) is 5.21. The van der Waals surface area contributed by atoms with Gasteiger partial charge >= 0.3 is 0 Å². The van der Waals surface area contributed by atoms with Crippen LogP contribution in [0.15, 0.2) is 18.3 Å². The molecule has 0 amide bonds. The lowest BCUT2D eigenvalue weighted by Gasteiger charge is -2.30. The third-order valence-electron chi connectivity index (χ3n) is 4.62. The third kappa shape index (κ3) is 3.45. The molecule has 0 bridgehead atoms. The largest absolute Gasteiger partial charge is 0.493 e. The molecule has 1 aromatic heterocycles. The normalized spacial score (nSPS) is 13.4. The molecule has 0 fully saturated rings. The van der Waals surface area contributed by atoms with E-state index in [2.05, 4.69) is 39.9 Å². The Morgan fingerprint density at radius 1 is 1.08 bits per heavy atom. The van der Waals surface area contributed by atoms with Crippen molar-refractivity contribution in [2.45, 2.75) is 26.8 Å². The van der Waals surface area contributed by atoms with Gasteiger partial charge in [-0.15, -0.1) is 5.10 Å². The fourth-order valence-corrected chi connectivity index (χ4v) is 3.17. The van der Waals surface area contributed by atoms with Gasteiger partial charge in [-0.1, -0.05) is 0 Å². The first-order valence-corrected chi connectivity index (χ1v) is 8.63. The van der Waals surface area contributed by atoms with Crippen molar-refractivity contribution in [3.05, 3.63) is 29.5 Å². The smallest absolute Gasteiger partial charge is 0.247 e. The highest BCUT2D eigenvalue weighted by Gasteiger charge is 2.22. The average molecular weight is 343 g/mol. The topological polar surface area (TPSA) is 63.6 Å². The number of nitrogens with zero attached hydrogens (tertiary/aromatic N) is 5. The fourth-order valence-electron chi connectivity index (χ4n) is 3.17. The SMILES string of the molecule is CCN(CC)c1cnnc(N2CCc3cc(OC)c(OC)cc3C2)n1. The van der Waals surface area contributed by atoms with Crippen LogP contribution < -0.4 is 19.3 Å². The summed E-state index contributed by atoms with van der Waals surface area (Å²) >= 11 is 0. The van der Waals surface area contributed by atoms with Crippen molar-refractivity contribution in [2.75, 3.05) is 43.7 Å². The van der Waals surface area contributed by atoms with Crippen LogP contribution in [-0.4, -0.2) is 49.0 Å². The highest BCUT2D eigenvalue weighted by atomic mass is 16.5. The number of fused-ring (bicyclic) bond motifs is 1. The van der Waals surface area contributed by atoms with Crippen LogP contribution in [0.25, 0.3) is 0 Å². The Bertz CT molecular complexity index is 733. The monoisotopic (exact) mass is 343 g/mol. The lowest BCUT2D eigenvalue weighted by Crippen LogP contribution is -2.33. The summed E-state index contributed by atoms with van der Waals surface area (Å²) in [6.07, 6.45) is 2.64. The van der Waals surface area contributed by atoms with E-state index < -0.39 is 0 Å². The molecule has 1 aliphatic heterocycles. The van der Waals surface area contributed by atoms with E-state index in [1.54, 1.807) is 20.4 Å². The molecule has 1 aromatic carbocycles. The minimum atomic E-state index is 0.671. The molecule has 2 aromatic rings. The van der Waals surface area contributed by atoms with Gasteiger partial charge in [-0.3, -0.25) is 0 Å². The van der Waals surface area contributed by atoms with Crippen molar-refractivity contribution in [2.24, 2.45) is 0 Å². The molecule has 0 aliphatic carbocycles. The molecule has 0 atom stereocenters. The van der Waals surface area contributed by atoms with Crippen molar-refractivity contribution in [1.29, 1.82) is 0 Å². The van der Waals surface area contributed by atoms with Crippen molar-refractivity contribution < 1.29 is 9.47 Å². The number of aromatic nitrogens is 3. The Morgan fingerprint density at radius 2 is 1.76 bits per heavy atom. The number of rotatable bonds is 6. The summed E-state index contributed by atoms with van der Waals surface area (Å²) in [6, 6.07) is 4.11. The molecule has 0 saturated carbocycles.